The van der Waals surface area contributed by atoms with Crippen LogP contribution in [0.15, 0.2) is 0 Å². The van der Waals surface area contributed by atoms with Crippen LogP contribution in [0.5, 0.6) is 0 Å². The van der Waals surface area contributed by atoms with Gasteiger partial charge in [0, 0.05) is 32.3 Å². The van der Waals surface area contributed by atoms with Gasteiger partial charge in [0.05, 0.1) is 13.2 Å². The van der Waals surface area contributed by atoms with Crippen molar-refractivity contribution in [2.24, 2.45) is 5.41 Å². The van der Waals surface area contributed by atoms with Crippen molar-refractivity contribution in [3.05, 3.63) is 0 Å². The number of ether oxygens (including phenoxy) is 2. The Morgan fingerprint density at radius 2 is 2.00 bits per heavy atom. The summed E-state index contributed by atoms with van der Waals surface area (Å²) in [6.45, 7) is 8.04. The zero-order valence-corrected chi connectivity index (χ0v) is 11.0. The van der Waals surface area contributed by atoms with Gasteiger partial charge < -0.3 is 9.47 Å². The Bertz CT molecular complexity index is 219. The molecule has 2 aliphatic heterocycles. The minimum absolute atomic E-state index is 0.368. The summed E-state index contributed by atoms with van der Waals surface area (Å²) in [5.74, 6) is 0.973. The summed E-state index contributed by atoms with van der Waals surface area (Å²) in [7, 11) is 0. The quantitative estimate of drug-likeness (QED) is 0.760. The third-order valence-electron chi connectivity index (χ3n) is 3.93. The van der Waals surface area contributed by atoms with E-state index >= 15 is 0 Å². The minimum atomic E-state index is 0.368. The van der Waals surface area contributed by atoms with Crippen molar-refractivity contribution in [2.45, 2.75) is 25.8 Å². The molecule has 0 aromatic carbocycles. The second kappa shape index (κ2) is 5.71. The first-order valence-corrected chi connectivity index (χ1v) is 6.89. The van der Waals surface area contributed by atoms with Crippen molar-refractivity contribution < 1.29 is 9.47 Å². The van der Waals surface area contributed by atoms with Gasteiger partial charge >= 0.3 is 0 Å². The van der Waals surface area contributed by atoms with Gasteiger partial charge in [-0.05, 0) is 30.9 Å². The molecule has 0 aromatic heterocycles. The van der Waals surface area contributed by atoms with E-state index in [1.165, 1.54) is 0 Å². The summed E-state index contributed by atoms with van der Waals surface area (Å²) in [4.78, 5) is 2.56. The fourth-order valence-corrected chi connectivity index (χ4v) is 3.01. The Kier molecular flexibility index (Phi) is 4.53. The van der Waals surface area contributed by atoms with Crippen LogP contribution in [0, 0.1) is 5.41 Å². The molecule has 0 aliphatic carbocycles. The van der Waals surface area contributed by atoms with Crippen LogP contribution in [0.1, 0.15) is 19.8 Å². The predicted octanol–water partition coefficient (Wildman–Crippen LogP) is 1.43. The fraction of sp³-hybridized carbons (Fsp3) is 1.00. The molecule has 0 aromatic rings. The summed E-state index contributed by atoms with van der Waals surface area (Å²) in [6.07, 6.45) is 2.31. The van der Waals surface area contributed by atoms with Gasteiger partial charge in [-0.3, -0.25) is 4.90 Å². The largest absolute Gasteiger partial charge is 0.381 e. The Labute approximate surface area is 104 Å². The average Bonchev–Trinajstić information content (AvgIpc) is 2.33. The van der Waals surface area contributed by atoms with Crippen LogP contribution in [-0.2, 0) is 9.47 Å². The molecule has 0 saturated carbocycles. The molecule has 2 rings (SSSR count). The SMILES string of the molecule is CC1COCCN1CC1(CS)CCOCC1. The lowest BCUT2D eigenvalue weighted by Gasteiger charge is -2.43. The number of hydrogen-bond acceptors (Lipinski definition) is 4. The van der Waals surface area contributed by atoms with Crippen molar-refractivity contribution in [2.75, 3.05) is 45.3 Å². The minimum Gasteiger partial charge on any atom is -0.381 e. The molecule has 0 bridgehead atoms. The predicted molar refractivity (Wildman–Crippen MR) is 68.2 cm³/mol. The van der Waals surface area contributed by atoms with E-state index < -0.39 is 0 Å². The first-order chi connectivity index (χ1) is 7.76. The van der Waals surface area contributed by atoms with Crippen LogP contribution in [-0.4, -0.2) is 56.2 Å². The molecule has 94 valence electrons. The van der Waals surface area contributed by atoms with E-state index in [1.54, 1.807) is 0 Å². The molecule has 3 nitrogen and oxygen atoms in total. The third-order valence-corrected chi connectivity index (χ3v) is 4.60. The summed E-state index contributed by atoms with van der Waals surface area (Å²) < 4.78 is 10.9. The molecular formula is C12H23NO2S. The van der Waals surface area contributed by atoms with Crippen LogP contribution in [0.3, 0.4) is 0 Å². The Morgan fingerprint density at radius 1 is 1.25 bits per heavy atom. The highest BCUT2D eigenvalue weighted by atomic mass is 32.1. The summed E-state index contributed by atoms with van der Waals surface area (Å²) in [5, 5.41) is 0. The number of morpholine rings is 1. The van der Waals surface area contributed by atoms with E-state index in [0.717, 1.165) is 58.1 Å². The normalized spacial score (nSPS) is 31.5. The zero-order chi connectivity index (χ0) is 11.4. The van der Waals surface area contributed by atoms with Crippen molar-refractivity contribution in [3.63, 3.8) is 0 Å². The monoisotopic (exact) mass is 245 g/mol. The molecular weight excluding hydrogens is 222 g/mol. The van der Waals surface area contributed by atoms with Gasteiger partial charge in [0.1, 0.15) is 0 Å². The third kappa shape index (κ3) is 2.92. The Hall–Kier alpha value is 0.230. The maximum absolute atomic E-state index is 5.48. The van der Waals surface area contributed by atoms with Crippen LogP contribution in [0.2, 0.25) is 0 Å². The van der Waals surface area contributed by atoms with Crippen LogP contribution < -0.4 is 0 Å². The molecule has 0 spiro atoms. The number of rotatable bonds is 3. The Balaban J connectivity index is 1.93. The lowest BCUT2D eigenvalue weighted by molar-refractivity contribution is -0.0426. The van der Waals surface area contributed by atoms with Crippen LogP contribution in [0.25, 0.3) is 0 Å². The van der Waals surface area contributed by atoms with E-state index in [0.29, 0.717) is 11.5 Å². The van der Waals surface area contributed by atoms with Crippen LogP contribution >= 0.6 is 12.6 Å². The molecule has 4 heteroatoms. The second-order valence-corrected chi connectivity index (χ2v) is 5.48. The maximum atomic E-state index is 5.48. The van der Waals surface area contributed by atoms with Gasteiger partial charge in [-0.2, -0.15) is 12.6 Å². The lowest BCUT2D eigenvalue weighted by Crippen LogP contribution is -2.50. The van der Waals surface area contributed by atoms with Gasteiger partial charge in [0.15, 0.2) is 0 Å². The molecule has 2 aliphatic rings. The van der Waals surface area contributed by atoms with Crippen molar-refractivity contribution in [3.8, 4) is 0 Å². The maximum Gasteiger partial charge on any atom is 0.0619 e. The molecule has 2 fully saturated rings. The molecule has 16 heavy (non-hydrogen) atoms. The van der Waals surface area contributed by atoms with Crippen molar-refractivity contribution >= 4 is 12.6 Å². The van der Waals surface area contributed by atoms with Gasteiger partial charge in [-0.1, -0.05) is 0 Å². The summed E-state index contributed by atoms with van der Waals surface area (Å²) in [5.41, 5.74) is 0.368. The van der Waals surface area contributed by atoms with Gasteiger partial charge in [-0.15, -0.1) is 0 Å². The van der Waals surface area contributed by atoms with Gasteiger partial charge in [0.25, 0.3) is 0 Å². The first kappa shape index (κ1) is 12.7. The molecule has 2 heterocycles. The van der Waals surface area contributed by atoms with Crippen molar-refractivity contribution in [1.29, 1.82) is 0 Å². The topological polar surface area (TPSA) is 21.7 Å². The average molecular weight is 245 g/mol. The highest BCUT2D eigenvalue weighted by Gasteiger charge is 2.35. The second-order valence-electron chi connectivity index (χ2n) is 5.16. The van der Waals surface area contributed by atoms with Gasteiger partial charge in [0.2, 0.25) is 0 Å². The molecule has 1 unspecified atom stereocenters. The number of hydrogen-bond donors (Lipinski definition) is 1. The Morgan fingerprint density at radius 3 is 2.62 bits per heavy atom. The number of nitrogens with zero attached hydrogens (tertiary/aromatic N) is 1. The van der Waals surface area contributed by atoms with Crippen molar-refractivity contribution in [1.82, 2.24) is 4.90 Å². The van der Waals surface area contributed by atoms with E-state index in [9.17, 15) is 0 Å². The number of thiol groups is 1. The summed E-state index contributed by atoms with van der Waals surface area (Å²) in [6, 6.07) is 0.549. The lowest BCUT2D eigenvalue weighted by atomic mass is 9.81. The molecule has 2 saturated heterocycles. The van der Waals surface area contributed by atoms with E-state index in [-0.39, 0.29) is 0 Å². The molecule has 0 radical (unpaired) electrons. The van der Waals surface area contributed by atoms with E-state index in [2.05, 4.69) is 24.5 Å². The van der Waals surface area contributed by atoms with Crippen LogP contribution in [0.4, 0.5) is 0 Å². The zero-order valence-electron chi connectivity index (χ0n) is 10.2. The standard InChI is InChI=1S/C12H23NO2S/c1-11-8-15-7-4-13(11)9-12(10-16)2-5-14-6-3-12/h11,16H,2-10H2,1H3. The first-order valence-electron chi connectivity index (χ1n) is 6.26. The molecule has 1 atom stereocenters. The highest BCUT2D eigenvalue weighted by Crippen LogP contribution is 2.33. The fourth-order valence-electron chi connectivity index (χ4n) is 2.60. The van der Waals surface area contributed by atoms with E-state index in [4.69, 9.17) is 9.47 Å². The van der Waals surface area contributed by atoms with E-state index in [1.807, 2.05) is 0 Å². The van der Waals surface area contributed by atoms with Gasteiger partial charge in [-0.25, -0.2) is 0 Å². The molecule has 0 N–H and O–H groups in total. The molecule has 0 amide bonds. The smallest absolute Gasteiger partial charge is 0.0619 e. The highest BCUT2D eigenvalue weighted by molar-refractivity contribution is 7.80. The summed E-state index contributed by atoms with van der Waals surface area (Å²) >= 11 is 4.56.